The molecule has 14 heavy (non-hydrogen) atoms. The van der Waals surface area contributed by atoms with Crippen molar-refractivity contribution in [2.24, 2.45) is 7.05 Å². The Labute approximate surface area is 100 Å². The molecule has 1 aromatic heterocycles. The van der Waals surface area contributed by atoms with Crippen molar-refractivity contribution in [3.05, 3.63) is 18.7 Å². The molecule has 0 aromatic carbocycles. The Morgan fingerprint density at radius 1 is 1.57 bits per heavy atom. The zero-order valence-corrected chi connectivity index (χ0v) is 10.6. The van der Waals surface area contributed by atoms with Gasteiger partial charge in [-0.2, -0.15) is 0 Å². The number of aryl methyl sites for hydroxylation is 1. The van der Waals surface area contributed by atoms with Gasteiger partial charge in [-0.3, -0.25) is 0 Å². The van der Waals surface area contributed by atoms with Crippen LogP contribution in [0.25, 0.3) is 0 Å². The first kappa shape index (κ1) is 13.2. The molecule has 1 aromatic rings. The van der Waals surface area contributed by atoms with Crippen LogP contribution in [0.2, 0.25) is 0 Å². The average molecular weight is 311 g/mol. The van der Waals surface area contributed by atoms with E-state index in [0.717, 1.165) is 0 Å². The molecule has 6 heteroatoms. The highest BCUT2D eigenvalue weighted by molar-refractivity contribution is 5.66. The topological polar surface area (TPSA) is 38.4 Å². The van der Waals surface area contributed by atoms with Crippen LogP contribution in [0.1, 0.15) is 0 Å². The highest BCUT2D eigenvalue weighted by Crippen LogP contribution is 1.90. The molecule has 0 fully saturated rings. The van der Waals surface area contributed by atoms with E-state index in [1.807, 2.05) is 30.3 Å². The first-order valence-corrected chi connectivity index (χ1v) is 3.94. The fraction of sp³-hybridized carbons (Fsp3) is 0.500. The van der Waals surface area contributed by atoms with Crippen molar-refractivity contribution >= 4 is 6.09 Å². The Hall–Kier alpha value is -0.790. The number of ether oxygens (including phenoxy) is 1. The molecule has 1 rings (SSSR count). The SMILES string of the molecule is CN(C)C(=O)OCn1cc[n+](C)c1.[I-]. The summed E-state index contributed by atoms with van der Waals surface area (Å²) in [6.07, 6.45) is 5.21. The lowest BCUT2D eigenvalue weighted by Crippen LogP contribution is -3.00. The van der Waals surface area contributed by atoms with Crippen LogP contribution >= 0.6 is 0 Å². The van der Waals surface area contributed by atoms with Gasteiger partial charge < -0.3 is 33.6 Å². The lowest BCUT2D eigenvalue weighted by molar-refractivity contribution is -0.671. The van der Waals surface area contributed by atoms with Gasteiger partial charge in [0.25, 0.3) is 0 Å². The van der Waals surface area contributed by atoms with E-state index < -0.39 is 0 Å². The van der Waals surface area contributed by atoms with Gasteiger partial charge in [0.05, 0.1) is 7.05 Å². The predicted octanol–water partition coefficient (Wildman–Crippen LogP) is -3.03. The first-order chi connectivity index (χ1) is 6.09. The monoisotopic (exact) mass is 311 g/mol. The second-order valence-electron chi connectivity index (χ2n) is 3.03. The van der Waals surface area contributed by atoms with Gasteiger partial charge in [0, 0.05) is 14.1 Å². The number of nitrogens with zero attached hydrogens (tertiary/aromatic N) is 3. The zero-order valence-electron chi connectivity index (χ0n) is 8.48. The van der Waals surface area contributed by atoms with Crippen LogP contribution < -0.4 is 28.5 Å². The fourth-order valence-corrected chi connectivity index (χ4v) is 0.837. The number of amides is 1. The second-order valence-corrected chi connectivity index (χ2v) is 3.03. The van der Waals surface area contributed by atoms with E-state index in [2.05, 4.69) is 0 Å². The number of hydrogen-bond donors (Lipinski definition) is 0. The van der Waals surface area contributed by atoms with Gasteiger partial charge >= 0.3 is 6.09 Å². The smallest absolute Gasteiger partial charge is 0.412 e. The summed E-state index contributed by atoms with van der Waals surface area (Å²) in [5, 5.41) is 0. The largest absolute Gasteiger partial charge is 1.00 e. The molecular weight excluding hydrogens is 297 g/mol. The van der Waals surface area contributed by atoms with Gasteiger partial charge in [-0.25, -0.2) is 13.9 Å². The van der Waals surface area contributed by atoms with Crippen molar-refractivity contribution in [1.29, 1.82) is 0 Å². The number of carbonyl (C=O) groups is 1. The van der Waals surface area contributed by atoms with Gasteiger partial charge in [-0.15, -0.1) is 0 Å². The third kappa shape index (κ3) is 3.95. The summed E-state index contributed by atoms with van der Waals surface area (Å²) in [6.45, 7) is 0.248. The minimum Gasteiger partial charge on any atom is -1.00 e. The molecule has 5 nitrogen and oxygen atoms in total. The van der Waals surface area contributed by atoms with E-state index in [9.17, 15) is 4.79 Å². The van der Waals surface area contributed by atoms with Crippen LogP contribution in [0.3, 0.4) is 0 Å². The summed E-state index contributed by atoms with van der Waals surface area (Å²) in [5.74, 6) is 0. The first-order valence-electron chi connectivity index (χ1n) is 3.94. The molecular formula is C8H14IN3O2. The Kier molecular flexibility index (Phi) is 5.51. The van der Waals surface area contributed by atoms with E-state index >= 15 is 0 Å². The second kappa shape index (κ2) is 5.84. The standard InChI is InChI=1S/C8H14N3O2.HI/c1-9(2)8(12)13-7-11-5-4-10(3)6-11;/h4-6H,7H2,1-3H3;1H/q+1;/p-1. The van der Waals surface area contributed by atoms with Gasteiger partial charge in [0.2, 0.25) is 13.1 Å². The molecule has 0 aliphatic rings. The van der Waals surface area contributed by atoms with E-state index in [4.69, 9.17) is 4.74 Å². The maximum absolute atomic E-state index is 11.0. The van der Waals surface area contributed by atoms with Gasteiger partial charge in [0.15, 0.2) is 0 Å². The fourth-order valence-electron chi connectivity index (χ4n) is 0.837. The summed E-state index contributed by atoms with van der Waals surface area (Å²) in [5.41, 5.74) is 0. The van der Waals surface area contributed by atoms with Crippen molar-refractivity contribution in [2.45, 2.75) is 6.73 Å². The Bertz CT molecular complexity index is 299. The summed E-state index contributed by atoms with van der Waals surface area (Å²) in [7, 11) is 5.21. The number of rotatable bonds is 2. The van der Waals surface area contributed by atoms with Crippen LogP contribution in [0.15, 0.2) is 18.7 Å². The van der Waals surface area contributed by atoms with Crippen molar-refractivity contribution in [3.63, 3.8) is 0 Å². The molecule has 1 amide bonds. The van der Waals surface area contributed by atoms with Crippen LogP contribution in [0.4, 0.5) is 4.79 Å². The van der Waals surface area contributed by atoms with E-state index in [1.54, 1.807) is 18.7 Å². The average Bonchev–Trinajstić information content (AvgIpc) is 2.47. The van der Waals surface area contributed by atoms with Crippen molar-refractivity contribution in [2.75, 3.05) is 14.1 Å². The van der Waals surface area contributed by atoms with Crippen molar-refractivity contribution in [1.82, 2.24) is 9.47 Å². The predicted molar refractivity (Wildman–Crippen MR) is 45.8 cm³/mol. The van der Waals surface area contributed by atoms with Crippen LogP contribution in [0, 0.1) is 0 Å². The van der Waals surface area contributed by atoms with Crippen LogP contribution in [-0.4, -0.2) is 29.7 Å². The molecule has 0 saturated heterocycles. The minimum atomic E-state index is -0.337. The molecule has 0 aliphatic heterocycles. The van der Waals surface area contributed by atoms with E-state index in [0.29, 0.717) is 0 Å². The number of imidazole rings is 1. The third-order valence-electron chi connectivity index (χ3n) is 1.53. The molecule has 1 heterocycles. The lowest BCUT2D eigenvalue weighted by Gasteiger charge is -2.08. The van der Waals surface area contributed by atoms with Crippen LogP contribution in [0.5, 0.6) is 0 Å². The highest BCUT2D eigenvalue weighted by Gasteiger charge is 2.06. The van der Waals surface area contributed by atoms with Gasteiger partial charge in [-0.1, -0.05) is 0 Å². The number of carbonyl (C=O) groups excluding carboxylic acids is 1. The quantitative estimate of drug-likeness (QED) is 0.431. The lowest BCUT2D eigenvalue weighted by atomic mass is 10.9. The summed E-state index contributed by atoms with van der Waals surface area (Å²) >= 11 is 0. The number of halogens is 1. The third-order valence-corrected chi connectivity index (χ3v) is 1.53. The zero-order chi connectivity index (χ0) is 9.84. The molecule has 0 saturated carbocycles. The maximum atomic E-state index is 11.0. The molecule has 0 N–H and O–H groups in total. The van der Waals surface area contributed by atoms with Crippen LogP contribution in [-0.2, 0) is 18.5 Å². The normalized spacial score (nSPS) is 9.07. The number of aromatic nitrogens is 2. The summed E-state index contributed by atoms with van der Waals surface area (Å²) < 4.78 is 8.60. The Morgan fingerprint density at radius 3 is 2.64 bits per heavy atom. The summed E-state index contributed by atoms with van der Waals surface area (Å²) in [6, 6.07) is 0. The van der Waals surface area contributed by atoms with Gasteiger partial charge in [-0.05, 0) is 0 Å². The van der Waals surface area contributed by atoms with Crippen molar-refractivity contribution in [3.8, 4) is 0 Å². The summed E-state index contributed by atoms with van der Waals surface area (Å²) in [4.78, 5) is 12.4. The Morgan fingerprint density at radius 2 is 2.21 bits per heavy atom. The molecule has 80 valence electrons. The van der Waals surface area contributed by atoms with E-state index in [-0.39, 0.29) is 36.8 Å². The molecule has 0 unspecified atom stereocenters. The highest BCUT2D eigenvalue weighted by atomic mass is 127. The maximum Gasteiger partial charge on any atom is 0.412 e. The molecule has 0 bridgehead atoms. The Balaban J connectivity index is 0.00000169. The molecule has 0 atom stereocenters. The van der Waals surface area contributed by atoms with Gasteiger partial charge in [0.1, 0.15) is 12.4 Å². The molecule has 0 aliphatic carbocycles. The van der Waals surface area contributed by atoms with Crippen molar-refractivity contribution < 1.29 is 38.1 Å². The van der Waals surface area contributed by atoms with E-state index in [1.165, 1.54) is 4.90 Å². The molecule has 0 spiro atoms. The number of hydrogen-bond acceptors (Lipinski definition) is 2. The minimum absolute atomic E-state index is 0. The molecule has 0 radical (unpaired) electrons.